The molecule has 0 spiro atoms. The number of rotatable bonds is 5. The predicted octanol–water partition coefficient (Wildman–Crippen LogP) is 3.54. The quantitative estimate of drug-likeness (QED) is 0.848. The van der Waals surface area contributed by atoms with Crippen LogP contribution < -0.4 is 9.62 Å². The Kier molecular flexibility index (Phi) is 5.69. The highest BCUT2D eigenvalue weighted by Gasteiger charge is 2.23. The lowest BCUT2D eigenvalue weighted by Gasteiger charge is -2.23. The zero-order valence-electron chi connectivity index (χ0n) is 12.5. The van der Waals surface area contributed by atoms with Crippen LogP contribution in [-0.2, 0) is 14.8 Å². The fraction of sp³-hybridized carbons (Fsp3) is 0.133. The molecule has 0 aliphatic heterocycles. The third-order valence-corrected chi connectivity index (χ3v) is 4.65. The first-order valence-electron chi connectivity index (χ1n) is 6.65. The van der Waals surface area contributed by atoms with E-state index in [0.717, 1.165) is 16.6 Å². The van der Waals surface area contributed by atoms with E-state index in [0.29, 0.717) is 0 Å². The Balaban J connectivity index is 2.27. The molecule has 2 aromatic rings. The average molecular weight is 391 g/mol. The SMILES string of the molecule is CS(=O)(=O)N(CC(=O)Nc1cccc(F)c1)c1cc(Cl)ccc1Cl. The van der Waals surface area contributed by atoms with Gasteiger partial charge in [0.05, 0.1) is 17.0 Å². The van der Waals surface area contributed by atoms with E-state index in [1.165, 1.54) is 36.4 Å². The number of halogens is 3. The van der Waals surface area contributed by atoms with Crippen LogP contribution >= 0.6 is 23.2 Å². The molecule has 0 radical (unpaired) electrons. The third-order valence-electron chi connectivity index (χ3n) is 2.97. The molecule has 24 heavy (non-hydrogen) atoms. The van der Waals surface area contributed by atoms with Crippen molar-refractivity contribution in [3.8, 4) is 0 Å². The molecule has 1 N–H and O–H groups in total. The number of carbonyl (C=O) groups excluding carboxylic acids is 1. The summed E-state index contributed by atoms with van der Waals surface area (Å²) in [6.45, 7) is -0.532. The average Bonchev–Trinajstić information content (AvgIpc) is 2.46. The van der Waals surface area contributed by atoms with Gasteiger partial charge in [-0.3, -0.25) is 9.10 Å². The molecule has 9 heteroatoms. The van der Waals surface area contributed by atoms with Crippen molar-refractivity contribution in [3.63, 3.8) is 0 Å². The Bertz CT molecular complexity index is 875. The van der Waals surface area contributed by atoms with Crippen molar-refractivity contribution in [2.45, 2.75) is 0 Å². The lowest BCUT2D eigenvalue weighted by molar-refractivity contribution is -0.114. The summed E-state index contributed by atoms with van der Waals surface area (Å²) in [5, 5.41) is 2.83. The van der Waals surface area contributed by atoms with E-state index < -0.39 is 28.3 Å². The summed E-state index contributed by atoms with van der Waals surface area (Å²) < 4.78 is 38.0. The molecule has 0 bridgehead atoms. The first-order chi connectivity index (χ1) is 11.2. The minimum atomic E-state index is -3.80. The molecule has 0 aliphatic rings. The van der Waals surface area contributed by atoms with Crippen LogP contribution in [0.2, 0.25) is 10.0 Å². The molecule has 0 atom stereocenters. The maximum atomic E-state index is 13.1. The van der Waals surface area contributed by atoms with Gasteiger partial charge in [0.2, 0.25) is 15.9 Å². The summed E-state index contributed by atoms with van der Waals surface area (Å²) in [6, 6.07) is 9.54. The fourth-order valence-electron chi connectivity index (χ4n) is 1.96. The molecule has 0 aliphatic carbocycles. The van der Waals surface area contributed by atoms with Crippen LogP contribution in [0.1, 0.15) is 0 Å². The standard InChI is InChI=1S/C15H13Cl2FN2O3S/c1-24(22,23)20(14-7-10(16)5-6-13(14)17)9-15(21)19-12-4-2-3-11(18)8-12/h2-8H,9H2,1H3,(H,19,21). The van der Waals surface area contributed by atoms with Gasteiger partial charge in [-0.2, -0.15) is 0 Å². The van der Waals surface area contributed by atoms with Crippen LogP contribution in [0.25, 0.3) is 0 Å². The van der Waals surface area contributed by atoms with Crippen molar-refractivity contribution < 1.29 is 17.6 Å². The van der Waals surface area contributed by atoms with E-state index in [2.05, 4.69) is 5.32 Å². The summed E-state index contributed by atoms with van der Waals surface area (Å²) >= 11 is 11.9. The van der Waals surface area contributed by atoms with Crippen LogP contribution in [-0.4, -0.2) is 27.1 Å². The van der Waals surface area contributed by atoms with Gasteiger partial charge in [0, 0.05) is 10.7 Å². The van der Waals surface area contributed by atoms with Crippen molar-refractivity contribution in [3.05, 3.63) is 58.3 Å². The lowest BCUT2D eigenvalue weighted by Crippen LogP contribution is -2.37. The zero-order valence-corrected chi connectivity index (χ0v) is 14.8. The second-order valence-electron chi connectivity index (χ2n) is 4.92. The molecule has 0 saturated carbocycles. The summed E-state index contributed by atoms with van der Waals surface area (Å²) in [7, 11) is -3.80. The van der Waals surface area contributed by atoms with E-state index >= 15 is 0 Å². The fourth-order valence-corrected chi connectivity index (χ4v) is 3.25. The number of nitrogens with one attached hydrogen (secondary N) is 1. The van der Waals surface area contributed by atoms with Crippen LogP contribution in [0.15, 0.2) is 42.5 Å². The molecule has 0 saturated heterocycles. The molecule has 0 unspecified atom stereocenters. The maximum Gasteiger partial charge on any atom is 0.245 e. The largest absolute Gasteiger partial charge is 0.324 e. The molecule has 0 heterocycles. The number of amides is 1. The summed E-state index contributed by atoms with van der Waals surface area (Å²) in [5.74, 6) is -1.17. The van der Waals surface area contributed by atoms with Gasteiger partial charge in [-0.25, -0.2) is 12.8 Å². The summed E-state index contributed by atoms with van der Waals surface area (Å²) in [6.07, 6.45) is 0.944. The van der Waals surface area contributed by atoms with Gasteiger partial charge in [-0.1, -0.05) is 29.3 Å². The first-order valence-corrected chi connectivity index (χ1v) is 9.25. The third kappa shape index (κ3) is 4.83. The number of anilines is 2. The Labute approximate surface area is 149 Å². The number of hydrogen-bond acceptors (Lipinski definition) is 3. The Hall–Kier alpha value is -1.83. The Morgan fingerprint density at radius 2 is 1.92 bits per heavy atom. The lowest BCUT2D eigenvalue weighted by atomic mass is 10.3. The van der Waals surface area contributed by atoms with Gasteiger partial charge in [0.1, 0.15) is 12.4 Å². The van der Waals surface area contributed by atoms with Crippen molar-refractivity contribution in [1.29, 1.82) is 0 Å². The van der Waals surface area contributed by atoms with Gasteiger partial charge in [-0.15, -0.1) is 0 Å². The molecule has 5 nitrogen and oxygen atoms in total. The molecule has 0 aromatic heterocycles. The predicted molar refractivity (Wildman–Crippen MR) is 93.7 cm³/mol. The van der Waals surface area contributed by atoms with Crippen LogP contribution in [0.5, 0.6) is 0 Å². The minimum Gasteiger partial charge on any atom is -0.324 e. The molecule has 128 valence electrons. The van der Waals surface area contributed by atoms with Crippen molar-refractivity contribution in [2.75, 3.05) is 22.4 Å². The highest BCUT2D eigenvalue weighted by atomic mass is 35.5. The highest BCUT2D eigenvalue weighted by Crippen LogP contribution is 2.30. The van der Waals surface area contributed by atoms with E-state index in [4.69, 9.17) is 23.2 Å². The number of benzene rings is 2. The molecular weight excluding hydrogens is 378 g/mol. The number of carbonyl (C=O) groups is 1. The second-order valence-corrected chi connectivity index (χ2v) is 7.67. The highest BCUT2D eigenvalue weighted by molar-refractivity contribution is 7.92. The second kappa shape index (κ2) is 7.38. The zero-order chi connectivity index (χ0) is 17.9. The monoisotopic (exact) mass is 390 g/mol. The van der Waals surface area contributed by atoms with Crippen molar-refractivity contribution in [1.82, 2.24) is 0 Å². The number of hydrogen-bond donors (Lipinski definition) is 1. The first kappa shape index (κ1) is 18.5. The van der Waals surface area contributed by atoms with Gasteiger partial charge in [-0.05, 0) is 36.4 Å². The number of sulfonamides is 1. The maximum absolute atomic E-state index is 13.1. The van der Waals surface area contributed by atoms with Gasteiger partial charge < -0.3 is 5.32 Å². The molecule has 2 rings (SSSR count). The van der Waals surface area contributed by atoms with Crippen LogP contribution in [0.4, 0.5) is 15.8 Å². The molecule has 1 amide bonds. The Morgan fingerprint density at radius 3 is 2.54 bits per heavy atom. The van der Waals surface area contributed by atoms with E-state index in [9.17, 15) is 17.6 Å². The molecular formula is C15H13Cl2FN2O3S. The van der Waals surface area contributed by atoms with Crippen LogP contribution in [0, 0.1) is 5.82 Å². The van der Waals surface area contributed by atoms with Gasteiger partial charge in [0.15, 0.2) is 0 Å². The van der Waals surface area contributed by atoms with E-state index in [1.807, 2.05) is 0 Å². The molecule has 0 fully saturated rings. The topological polar surface area (TPSA) is 66.5 Å². The van der Waals surface area contributed by atoms with Crippen molar-refractivity contribution in [2.24, 2.45) is 0 Å². The van der Waals surface area contributed by atoms with E-state index in [1.54, 1.807) is 0 Å². The van der Waals surface area contributed by atoms with Crippen LogP contribution in [0.3, 0.4) is 0 Å². The Morgan fingerprint density at radius 1 is 1.21 bits per heavy atom. The minimum absolute atomic E-state index is 0.0843. The van der Waals surface area contributed by atoms with E-state index in [-0.39, 0.29) is 21.4 Å². The smallest absolute Gasteiger partial charge is 0.245 e. The van der Waals surface area contributed by atoms with Crippen molar-refractivity contribution >= 4 is 50.5 Å². The number of nitrogens with zero attached hydrogens (tertiary/aromatic N) is 1. The summed E-state index contributed by atoms with van der Waals surface area (Å²) in [5.41, 5.74) is 0.298. The van der Waals surface area contributed by atoms with Gasteiger partial charge >= 0.3 is 0 Å². The molecule has 2 aromatic carbocycles. The summed E-state index contributed by atoms with van der Waals surface area (Å²) in [4.78, 5) is 12.1. The normalized spacial score (nSPS) is 11.2. The van der Waals surface area contributed by atoms with Gasteiger partial charge in [0.25, 0.3) is 0 Å².